The van der Waals surface area contributed by atoms with Crippen molar-refractivity contribution in [2.45, 2.75) is 25.6 Å². The lowest BCUT2D eigenvalue weighted by molar-refractivity contribution is -0.137. The van der Waals surface area contributed by atoms with Gasteiger partial charge in [-0.05, 0) is 48.2 Å². The van der Waals surface area contributed by atoms with Crippen molar-refractivity contribution in [2.24, 2.45) is 0 Å². The van der Waals surface area contributed by atoms with Gasteiger partial charge in [-0.1, -0.05) is 60.7 Å². The third-order valence-electron chi connectivity index (χ3n) is 4.85. The van der Waals surface area contributed by atoms with Crippen molar-refractivity contribution in [3.8, 4) is 11.1 Å². The predicted octanol–water partition coefficient (Wildman–Crippen LogP) is 5.75. The van der Waals surface area contributed by atoms with Gasteiger partial charge in [0.2, 0.25) is 0 Å². The van der Waals surface area contributed by atoms with Gasteiger partial charge in [0.15, 0.2) is 0 Å². The van der Waals surface area contributed by atoms with Gasteiger partial charge in [0.05, 0.1) is 11.1 Å². The van der Waals surface area contributed by atoms with Gasteiger partial charge in [0.25, 0.3) is 0 Å². The highest BCUT2D eigenvalue weighted by Gasteiger charge is 2.30. The summed E-state index contributed by atoms with van der Waals surface area (Å²) in [5, 5.41) is 3.17. The van der Waals surface area contributed by atoms with E-state index >= 15 is 0 Å². The molecule has 3 aromatic rings. The van der Waals surface area contributed by atoms with Crippen molar-refractivity contribution in [1.29, 1.82) is 0 Å². The van der Waals surface area contributed by atoms with Crippen LogP contribution in [-0.2, 0) is 17.3 Å². The lowest BCUT2D eigenvalue weighted by atomic mass is 10.0. The molecule has 0 bridgehead atoms. The normalized spacial score (nSPS) is 12.4. The van der Waals surface area contributed by atoms with Gasteiger partial charge >= 0.3 is 12.1 Å². The molecule has 0 saturated heterocycles. The van der Waals surface area contributed by atoms with E-state index < -0.39 is 17.7 Å². The fourth-order valence-corrected chi connectivity index (χ4v) is 3.26. The van der Waals surface area contributed by atoms with E-state index in [1.807, 2.05) is 49.4 Å². The molecule has 1 unspecified atom stereocenters. The van der Waals surface area contributed by atoms with Crippen molar-refractivity contribution in [2.75, 3.05) is 13.2 Å². The Bertz CT molecular complexity index is 986. The molecule has 0 amide bonds. The van der Waals surface area contributed by atoms with Crippen LogP contribution in [0.15, 0.2) is 78.9 Å². The predicted molar refractivity (Wildman–Crippen MR) is 115 cm³/mol. The number of alkyl halides is 3. The van der Waals surface area contributed by atoms with Crippen LogP contribution in [-0.4, -0.2) is 25.2 Å². The minimum Gasteiger partial charge on any atom is -0.461 e. The molecule has 0 saturated carbocycles. The zero-order chi connectivity index (χ0) is 22.3. The molecule has 0 aliphatic heterocycles. The molecule has 3 rings (SSSR count). The zero-order valence-electron chi connectivity index (χ0n) is 17.2. The molecule has 3 nitrogen and oxygen atoms in total. The fraction of sp³-hybridized carbons (Fsp3) is 0.240. The summed E-state index contributed by atoms with van der Waals surface area (Å²) in [7, 11) is 0. The van der Waals surface area contributed by atoms with Gasteiger partial charge in [-0.2, -0.15) is 13.2 Å². The molecule has 1 atom stereocenters. The van der Waals surface area contributed by atoms with Crippen LogP contribution in [0.5, 0.6) is 0 Å². The van der Waals surface area contributed by atoms with Crippen LogP contribution in [0.25, 0.3) is 11.1 Å². The Labute approximate surface area is 179 Å². The van der Waals surface area contributed by atoms with Crippen LogP contribution in [0.2, 0.25) is 0 Å². The molecule has 0 fully saturated rings. The first-order valence-electron chi connectivity index (χ1n) is 10.0. The number of benzene rings is 3. The molecule has 0 radical (unpaired) electrons. The molecule has 1 N–H and O–H groups in total. The standard InChI is InChI=1S/C25H24F3NO2/c1-18(16-19-6-5-9-23(17-19)25(26,27)28)29-14-15-31-24(30)22-12-10-21(11-13-22)20-7-3-2-4-8-20/h2-13,17-18,29H,14-16H2,1H3. The van der Waals surface area contributed by atoms with Crippen molar-refractivity contribution >= 4 is 5.97 Å². The van der Waals surface area contributed by atoms with Crippen LogP contribution < -0.4 is 5.32 Å². The van der Waals surface area contributed by atoms with Gasteiger partial charge < -0.3 is 10.1 Å². The monoisotopic (exact) mass is 427 g/mol. The molecule has 0 spiro atoms. The Morgan fingerprint density at radius 2 is 1.61 bits per heavy atom. The van der Waals surface area contributed by atoms with Crippen LogP contribution in [0.1, 0.15) is 28.4 Å². The van der Waals surface area contributed by atoms with Crippen LogP contribution in [0, 0.1) is 0 Å². The van der Waals surface area contributed by atoms with Gasteiger partial charge in [-0.15, -0.1) is 0 Å². The second-order valence-corrected chi connectivity index (χ2v) is 7.34. The third kappa shape index (κ3) is 6.69. The summed E-state index contributed by atoms with van der Waals surface area (Å²) in [6.07, 6.45) is -3.90. The highest BCUT2D eigenvalue weighted by atomic mass is 19.4. The SMILES string of the molecule is CC(Cc1cccc(C(F)(F)F)c1)NCCOC(=O)c1ccc(-c2ccccc2)cc1. The number of rotatable bonds is 8. The molecule has 6 heteroatoms. The lowest BCUT2D eigenvalue weighted by Crippen LogP contribution is -2.31. The number of carbonyl (C=O) groups excluding carboxylic acids is 1. The Kier molecular flexibility index (Phi) is 7.47. The van der Waals surface area contributed by atoms with E-state index in [2.05, 4.69) is 5.32 Å². The molecular formula is C25H24F3NO2. The van der Waals surface area contributed by atoms with Crippen molar-refractivity contribution in [3.63, 3.8) is 0 Å². The summed E-state index contributed by atoms with van der Waals surface area (Å²) in [5.74, 6) is -0.410. The molecule has 3 aromatic carbocycles. The topological polar surface area (TPSA) is 38.3 Å². The van der Waals surface area contributed by atoms with E-state index in [1.165, 1.54) is 6.07 Å². The summed E-state index contributed by atoms with van der Waals surface area (Å²) in [6.45, 7) is 2.46. The van der Waals surface area contributed by atoms with Crippen molar-refractivity contribution < 1.29 is 22.7 Å². The Balaban J connectivity index is 1.42. The molecule has 0 aliphatic rings. The van der Waals surface area contributed by atoms with E-state index in [4.69, 9.17) is 4.74 Å². The number of hydrogen-bond acceptors (Lipinski definition) is 3. The number of hydrogen-bond donors (Lipinski definition) is 1. The van der Waals surface area contributed by atoms with E-state index in [9.17, 15) is 18.0 Å². The summed E-state index contributed by atoms with van der Waals surface area (Å²) in [5.41, 5.74) is 2.51. The Morgan fingerprint density at radius 1 is 0.935 bits per heavy atom. The van der Waals surface area contributed by atoms with Crippen LogP contribution in [0.4, 0.5) is 13.2 Å². The maximum absolute atomic E-state index is 12.8. The van der Waals surface area contributed by atoms with Crippen molar-refractivity contribution in [3.05, 3.63) is 95.6 Å². The molecule has 0 aromatic heterocycles. The molecule has 0 heterocycles. The number of ether oxygens (including phenoxy) is 1. The van der Waals surface area contributed by atoms with Gasteiger partial charge in [-0.25, -0.2) is 4.79 Å². The molecule has 162 valence electrons. The van der Waals surface area contributed by atoms with Gasteiger partial charge in [-0.3, -0.25) is 0 Å². The summed E-state index contributed by atoms with van der Waals surface area (Å²) in [4.78, 5) is 12.2. The van der Waals surface area contributed by atoms with Gasteiger partial charge in [0.1, 0.15) is 6.61 Å². The molecule has 0 aliphatic carbocycles. The minimum absolute atomic E-state index is 0.0626. The third-order valence-corrected chi connectivity index (χ3v) is 4.85. The maximum Gasteiger partial charge on any atom is 0.416 e. The van der Waals surface area contributed by atoms with Crippen LogP contribution >= 0.6 is 0 Å². The lowest BCUT2D eigenvalue weighted by Gasteiger charge is -2.15. The maximum atomic E-state index is 12.8. The Hall–Kier alpha value is -3.12. The second-order valence-electron chi connectivity index (χ2n) is 7.34. The summed E-state index contributed by atoms with van der Waals surface area (Å²) >= 11 is 0. The van der Waals surface area contributed by atoms with E-state index in [-0.39, 0.29) is 12.6 Å². The first-order valence-corrected chi connectivity index (χ1v) is 10.0. The second kappa shape index (κ2) is 10.3. The Morgan fingerprint density at radius 3 is 2.29 bits per heavy atom. The van der Waals surface area contributed by atoms with E-state index in [1.54, 1.807) is 18.2 Å². The quantitative estimate of drug-likeness (QED) is 0.367. The number of nitrogens with one attached hydrogen (secondary N) is 1. The summed E-state index contributed by atoms with van der Waals surface area (Å²) < 4.78 is 43.7. The fourth-order valence-electron chi connectivity index (χ4n) is 3.26. The van der Waals surface area contributed by atoms with E-state index in [0.717, 1.165) is 23.3 Å². The van der Waals surface area contributed by atoms with Crippen LogP contribution in [0.3, 0.4) is 0 Å². The highest BCUT2D eigenvalue weighted by molar-refractivity contribution is 5.90. The highest BCUT2D eigenvalue weighted by Crippen LogP contribution is 2.29. The number of carbonyl (C=O) groups is 1. The first-order chi connectivity index (χ1) is 14.8. The van der Waals surface area contributed by atoms with Gasteiger partial charge in [0, 0.05) is 12.6 Å². The first kappa shape index (κ1) is 22.6. The van der Waals surface area contributed by atoms with E-state index in [0.29, 0.717) is 24.1 Å². The van der Waals surface area contributed by atoms with Crippen molar-refractivity contribution in [1.82, 2.24) is 5.32 Å². The molecule has 31 heavy (non-hydrogen) atoms. The number of esters is 1. The smallest absolute Gasteiger partial charge is 0.416 e. The average Bonchev–Trinajstić information content (AvgIpc) is 2.77. The minimum atomic E-state index is -4.35. The zero-order valence-corrected chi connectivity index (χ0v) is 17.2. The summed E-state index contributed by atoms with van der Waals surface area (Å²) in [6, 6.07) is 22.3. The largest absolute Gasteiger partial charge is 0.461 e. The molecular weight excluding hydrogens is 403 g/mol. The number of halogens is 3. The average molecular weight is 427 g/mol.